The predicted octanol–water partition coefficient (Wildman–Crippen LogP) is 5.22. The van der Waals surface area contributed by atoms with Crippen LogP contribution >= 0.6 is 0 Å². The SMILES string of the molecule is CCOC(=O)CCCCCCC1C(=O)N(Cc2ccccc2)C(=O)N1N=CCC1CCCCC1OC(C)=O. The molecular weight excluding hydrogens is 486 g/mol. The second-order valence-corrected chi connectivity index (χ2v) is 10.0. The van der Waals surface area contributed by atoms with Crippen LogP contribution in [0.4, 0.5) is 4.79 Å². The zero-order chi connectivity index (χ0) is 27.3. The monoisotopic (exact) mass is 527 g/mol. The average Bonchev–Trinajstić information content (AvgIpc) is 3.11. The molecule has 3 atom stereocenters. The molecule has 0 bridgehead atoms. The Balaban J connectivity index is 1.62. The number of nitrogens with zero attached hydrogens (tertiary/aromatic N) is 3. The van der Waals surface area contributed by atoms with E-state index in [2.05, 4.69) is 5.10 Å². The summed E-state index contributed by atoms with van der Waals surface area (Å²) >= 11 is 0. The number of esters is 2. The van der Waals surface area contributed by atoms with Crippen LogP contribution in [0.15, 0.2) is 35.4 Å². The normalized spacial score (nSPS) is 21.8. The van der Waals surface area contributed by atoms with Gasteiger partial charge in [-0.2, -0.15) is 5.10 Å². The van der Waals surface area contributed by atoms with Gasteiger partial charge in [0.05, 0.1) is 13.2 Å². The fraction of sp³-hybridized carbons (Fsp3) is 0.621. The summed E-state index contributed by atoms with van der Waals surface area (Å²) in [6, 6.07) is 8.38. The molecule has 9 nitrogen and oxygen atoms in total. The van der Waals surface area contributed by atoms with Gasteiger partial charge in [-0.3, -0.25) is 19.3 Å². The van der Waals surface area contributed by atoms with Crippen molar-refractivity contribution in [1.29, 1.82) is 0 Å². The lowest BCUT2D eigenvalue weighted by atomic mass is 9.84. The van der Waals surface area contributed by atoms with Crippen LogP contribution < -0.4 is 0 Å². The van der Waals surface area contributed by atoms with Crippen LogP contribution in [-0.2, 0) is 30.4 Å². The van der Waals surface area contributed by atoms with E-state index in [0.717, 1.165) is 56.9 Å². The number of unbranched alkanes of at least 4 members (excludes halogenated alkanes) is 3. The van der Waals surface area contributed by atoms with Crippen molar-refractivity contribution in [2.75, 3.05) is 6.61 Å². The van der Waals surface area contributed by atoms with E-state index in [0.29, 0.717) is 25.9 Å². The summed E-state index contributed by atoms with van der Waals surface area (Å²) < 4.78 is 10.5. The zero-order valence-corrected chi connectivity index (χ0v) is 22.7. The van der Waals surface area contributed by atoms with Crippen LogP contribution in [0.2, 0.25) is 0 Å². The summed E-state index contributed by atoms with van der Waals surface area (Å²) in [5, 5.41) is 5.82. The minimum absolute atomic E-state index is 0.136. The summed E-state index contributed by atoms with van der Waals surface area (Å²) in [7, 11) is 0. The molecule has 1 aromatic carbocycles. The van der Waals surface area contributed by atoms with Crippen molar-refractivity contribution >= 4 is 30.1 Å². The van der Waals surface area contributed by atoms with E-state index in [4.69, 9.17) is 9.47 Å². The van der Waals surface area contributed by atoms with Gasteiger partial charge in [0.15, 0.2) is 0 Å². The average molecular weight is 528 g/mol. The smallest absolute Gasteiger partial charge is 0.348 e. The number of ether oxygens (including phenoxy) is 2. The highest BCUT2D eigenvalue weighted by molar-refractivity contribution is 6.04. The van der Waals surface area contributed by atoms with Crippen LogP contribution in [0, 0.1) is 5.92 Å². The number of carbonyl (C=O) groups is 4. The van der Waals surface area contributed by atoms with Gasteiger partial charge in [-0.15, -0.1) is 0 Å². The Morgan fingerprint density at radius 3 is 2.53 bits per heavy atom. The lowest BCUT2D eigenvalue weighted by molar-refractivity contribution is -0.150. The van der Waals surface area contributed by atoms with Crippen molar-refractivity contribution in [3.63, 3.8) is 0 Å². The maximum atomic E-state index is 13.3. The molecule has 1 saturated carbocycles. The van der Waals surface area contributed by atoms with Crippen LogP contribution in [0.3, 0.4) is 0 Å². The first kappa shape index (κ1) is 29.3. The third-order valence-electron chi connectivity index (χ3n) is 7.14. The number of urea groups is 1. The molecule has 1 aliphatic heterocycles. The van der Waals surface area contributed by atoms with Crippen molar-refractivity contribution in [2.24, 2.45) is 11.0 Å². The van der Waals surface area contributed by atoms with Crippen LogP contribution in [0.5, 0.6) is 0 Å². The topological polar surface area (TPSA) is 106 Å². The molecule has 0 radical (unpaired) electrons. The van der Waals surface area contributed by atoms with Gasteiger partial charge in [0.2, 0.25) is 0 Å². The number of hydrogen-bond donors (Lipinski definition) is 0. The number of rotatable bonds is 14. The highest BCUT2D eigenvalue weighted by Gasteiger charge is 2.45. The number of hydrogen-bond acceptors (Lipinski definition) is 7. The highest BCUT2D eigenvalue weighted by Crippen LogP contribution is 2.30. The molecule has 38 heavy (non-hydrogen) atoms. The molecule has 1 heterocycles. The van der Waals surface area contributed by atoms with E-state index in [1.807, 2.05) is 30.3 Å². The Labute approximate surface area is 225 Å². The predicted molar refractivity (Wildman–Crippen MR) is 143 cm³/mol. The largest absolute Gasteiger partial charge is 0.466 e. The Morgan fingerprint density at radius 1 is 1.05 bits per heavy atom. The molecule has 0 N–H and O–H groups in total. The molecule has 3 amide bonds. The second kappa shape index (κ2) is 15.2. The van der Waals surface area contributed by atoms with Crippen LogP contribution in [0.1, 0.15) is 90.0 Å². The standard InChI is InChI=1S/C29H41N3O6/c1-3-37-27(34)18-10-5-4-9-16-25-28(35)31(21-23-13-7-6-8-14-23)29(36)32(25)30-20-19-24-15-11-12-17-26(24)38-22(2)33/h6-8,13-14,20,24-26H,3-5,9-12,15-19,21H2,1-2H3. The van der Waals surface area contributed by atoms with Crippen molar-refractivity contribution < 1.29 is 28.7 Å². The molecule has 1 aliphatic carbocycles. The number of carbonyl (C=O) groups excluding carboxylic acids is 4. The van der Waals surface area contributed by atoms with E-state index in [-0.39, 0.29) is 36.4 Å². The minimum atomic E-state index is -0.650. The molecule has 2 fully saturated rings. The number of hydrazone groups is 1. The molecule has 208 valence electrons. The van der Waals surface area contributed by atoms with Gasteiger partial charge < -0.3 is 9.47 Å². The summed E-state index contributed by atoms with van der Waals surface area (Å²) in [6.07, 6.45) is 10.1. The number of amides is 3. The summed E-state index contributed by atoms with van der Waals surface area (Å²) in [4.78, 5) is 50.9. The van der Waals surface area contributed by atoms with E-state index >= 15 is 0 Å². The first-order valence-electron chi connectivity index (χ1n) is 13.9. The molecule has 3 unspecified atom stereocenters. The molecule has 0 aromatic heterocycles. The molecule has 2 aliphatic rings. The van der Waals surface area contributed by atoms with E-state index in [1.54, 1.807) is 13.1 Å². The number of imide groups is 1. The third-order valence-corrected chi connectivity index (χ3v) is 7.14. The fourth-order valence-corrected chi connectivity index (χ4v) is 5.20. The maximum Gasteiger partial charge on any atom is 0.348 e. The maximum absolute atomic E-state index is 13.3. The van der Waals surface area contributed by atoms with Gasteiger partial charge in [0, 0.05) is 25.5 Å². The molecular formula is C29H41N3O6. The lowest BCUT2D eigenvalue weighted by Gasteiger charge is -2.30. The molecule has 1 aromatic rings. The lowest BCUT2D eigenvalue weighted by Crippen LogP contribution is -2.32. The first-order valence-corrected chi connectivity index (χ1v) is 13.9. The van der Waals surface area contributed by atoms with Crippen molar-refractivity contribution in [1.82, 2.24) is 9.91 Å². The van der Waals surface area contributed by atoms with Gasteiger partial charge >= 0.3 is 18.0 Å². The van der Waals surface area contributed by atoms with Crippen molar-refractivity contribution in [3.05, 3.63) is 35.9 Å². The van der Waals surface area contributed by atoms with Crippen LogP contribution in [-0.4, -0.2) is 58.8 Å². The van der Waals surface area contributed by atoms with Crippen molar-refractivity contribution in [3.8, 4) is 0 Å². The number of benzene rings is 1. The molecule has 9 heteroatoms. The van der Waals surface area contributed by atoms with Gasteiger partial charge in [0.1, 0.15) is 12.1 Å². The summed E-state index contributed by atoms with van der Waals surface area (Å²) in [5.74, 6) is -0.547. The van der Waals surface area contributed by atoms with Crippen LogP contribution in [0.25, 0.3) is 0 Å². The van der Waals surface area contributed by atoms with E-state index < -0.39 is 12.1 Å². The fourth-order valence-electron chi connectivity index (χ4n) is 5.20. The molecule has 1 saturated heterocycles. The highest BCUT2D eigenvalue weighted by atomic mass is 16.5. The second-order valence-electron chi connectivity index (χ2n) is 10.0. The van der Waals surface area contributed by atoms with E-state index in [9.17, 15) is 19.2 Å². The Bertz CT molecular complexity index is 966. The van der Waals surface area contributed by atoms with Gasteiger partial charge in [-0.05, 0) is 51.0 Å². The third kappa shape index (κ3) is 8.67. The minimum Gasteiger partial charge on any atom is -0.466 e. The Kier molecular flexibility index (Phi) is 11.8. The summed E-state index contributed by atoms with van der Waals surface area (Å²) in [6.45, 7) is 3.81. The Hall–Kier alpha value is -3.23. The Morgan fingerprint density at radius 2 is 1.79 bits per heavy atom. The van der Waals surface area contributed by atoms with Gasteiger partial charge in [-0.25, -0.2) is 9.80 Å². The molecule has 0 spiro atoms. The first-order chi connectivity index (χ1) is 18.4. The quantitative estimate of drug-likeness (QED) is 0.142. The zero-order valence-electron chi connectivity index (χ0n) is 22.7. The van der Waals surface area contributed by atoms with Gasteiger partial charge in [0.25, 0.3) is 5.91 Å². The van der Waals surface area contributed by atoms with E-state index in [1.165, 1.54) is 16.8 Å². The van der Waals surface area contributed by atoms with Gasteiger partial charge in [-0.1, -0.05) is 56.0 Å². The van der Waals surface area contributed by atoms with Crippen molar-refractivity contribution in [2.45, 2.75) is 103 Å². The molecule has 3 rings (SSSR count). The summed E-state index contributed by atoms with van der Waals surface area (Å²) in [5.41, 5.74) is 0.879.